The quantitative estimate of drug-likeness (QED) is 0.669. The van der Waals surface area contributed by atoms with E-state index in [9.17, 15) is 22.0 Å². The van der Waals surface area contributed by atoms with Crippen molar-refractivity contribution in [3.05, 3.63) is 59.1 Å². The third-order valence-electron chi connectivity index (χ3n) is 3.06. The van der Waals surface area contributed by atoms with Crippen LogP contribution in [0.4, 0.5) is 20.2 Å². The number of halogens is 3. The summed E-state index contributed by atoms with van der Waals surface area (Å²) in [7, 11) is -3.36. The predicted molar refractivity (Wildman–Crippen MR) is 101 cm³/mol. The molecule has 0 fully saturated rings. The van der Waals surface area contributed by atoms with Gasteiger partial charge in [-0.05, 0) is 42.0 Å². The monoisotopic (exact) mass is 416 g/mol. The Balaban J connectivity index is 1.98. The number of rotatable bonds is 7. The average molecular weight is 417 g/mol. The highest BCUT2D eigenvalue weighted by Gasteiger charge is 2.09. The number of benzene rings is 2. The number of ether oxygens (including phenoxy) is 1. The molecule has 0 heterocycles. The zero-order valence-corrected chi connectivity index (χ0v) is 15.5. The van der Waals surface area contributed by atoms with E-state index < -0.39 is 22.5 Å². The summed E-state index contributed by atoms with van der Waals surface area (Å²) in [5.74, 6) is -0.657. The van der Waals surface area contributed by atoms with Gasteiger partial charge in [-0.25, -0.2) is 8.42 Å². The van der Waals surface area contributed by atoms with Gasteiger partial charge in [0.15, 0.2) is 0 Å². The lowest BCUT2D eigenvalue weighted by molar-refractivity contribution is -0.111. The number of carbonyl (C=O) groups is 1. The lowest BCUT2D eigenvalue weighted by Gasteiger charge is -2.08. The molecule has 0 spiro atoms. The van der Waals surface area contributed by atoms with Crippen molar-refractivity contribution >= 4 is 45.0 Å². The lowest BCUT2D eigenvalue weighted by Crippen LogP contribution is -2.09. The van der Waals surface area contributed by atoms with Gasteiger partial charge >= 0.3 is 6.61 Å². The van der Waals surface area contributed by atoms with Gasteiger partial charge in [-0.1, -0.05) is 23.7 Å². The zero-order chi connectivity index (χ0) is 20.0. The van der Waals surface area contributed by atoms with Crippen LogP contribution in [0.2, 0.25) is 5.02 Å². The van der Waals surface area contributed by atoms with Crippen molar-refractivity contribution in [1.29, 1.82) is 0 Å². The van der Waals surface area contributed by atoms with Crippen molar-refractivity contribution in [3.8, 4) is 5.75 Å². The molecule has 0 saturated carbocycles. The Morgan fingerprint density at radius 1 is 1.15 bits per heavy atom. The number of amides is 1. The van der Waals surface area contributed by atoms with Crippen molar-refractivity contribution in [2.75, 3.05) is 16.3 Å². The van der Waals surface area contributed by atoms with Crippen LogP contribution in [0.1, 0.15) is 5.56 Å². The fourth-order valence-electron chi connectivity index (χ4n) is 2.00. The fourth-order valence-corrected chi connectivity index (χ4v) is 2.79. The van der Waals surface area contributed by atoms with Crippen LogP contribution < -0.4 is 14.8 Å². The first kappa shape index (κ1) is 20.7. The highest BCUT2D eigenvalue weighted by atomic mass is 35.5. The first-order valence-corrected chi connectivity index (χ1v) is 9.70. The number of hydrogen-bond donors (Lipinski definition) is 2. The topological polar surface area (TPSA) is 84.5 Å². The molecule has 0 aromatic heterocycles. The van der Waals surface area contributed by atoms with Crippen LogP contribution in [0.5, 0.6) is 5.75 Å². The largest absolute Gasteiger partial charge is 0.433 e. The number of hydrogen-bond acceptors (Lipinski definition) is 4. The Kier molecular flexibility index (Phi) is 6.75. The third kappa shape index (κ3) is 7.24. The molecule has 6 nitrogen and oxygen atoms in total. The maximum atomic E-state index is 12.2. The molecule has 10 heteroatoms. The van der Waals surface area contributed by atoms with Crippen LogP contribution in [0.25, 0.3) is 6.08 Å². The van der Waals surface area contributed by atoms with Gasteiger partial charge in [0.1, 0.15) is 5.75 Å². The van der Waals surface area contributed by atoms with Gasteiger partial charge in [0.2, 0.25) is 15.9 Å². The minimum Gasteiger partial charge on any atom is -0.433 e. The smallest absolute Gasteiger partial charge is 0.387 e. The van der Waals surface area contributed by atoms with Gasteiger partial charge in [0, 0.05) is 17.5 Å². The van der Waals surface area contributed by atoms with E-state index in [1.165, 1.54) is 30.4 Å². The van der Waals surface area contributed by atoms with E-state index in [2.05, 4.69) is 14.8 Å². The minimum absolute atomic E-state index is 0.0638. The molecule has 0 aliphatic heterocycles. The van der Waals surface area contributed by atoms with Crippen LogP contribution in [0.3, 0.4) is 0 Å². The van der Waals surface area contributed by atoms with E-state index in [1.807, 2.05) is 0 Å². The van der Waals surface area contributed by atoms with Crippen LogP contribution in [0.15, 0.2) is 48.5 Å². The molecule has 0 unspecified atom stereocenters. The summed E-state index contributed by atoms with van der Waals surface area (Å²) >= 11 is 5.81. The SMILES string of the molecule is CS(=O)(=O)Nc1ccc(/C=C/C(=O)Nc2ccc(OC(F)F)c(Cl)c2)cc1. The Morgan fingerprint density at radius 2 is 1.78 bits per heavy atom. The van der Waals surface area contributed by atoms with Crippen LogP contribution in [0, 0.1) is 0 Å². The number of carbonyl (C=O) groups excluding carboxylic acids is 1. The summed E-state index contributed by atoms with van der Waals surface area (Å²) in [6.07, 6.45) is 3.83. The summed E-state index contributed by atoms with van der Waals surface area (Å²) in [4.78, 5) is 11.9. The standard InChI is InChI=1S/C17H15ClF2N2O4S/c1-27(24,25)22-12-5-2-11(3-6-12)4-9-16(23)21-13-7-8-15(14(18)10-13)26-17(19)20/h2-10,17,22H,1H3,(H,21,23)/b9-4+. The molecular weight excluding hydrogens is 402 g/mol. The van der Waals surface area contributed by atoms with Crippen molar-refractivity contribution < 1.29 is 26.7 Å². The van der Waals surface area contributed by atoms with Crippen LogP contribution >= 0.6 is 11.6 Å². The Labute approximate surface area is 159 Å². The predicted octanol–water partition coefficient (Wildman–Crippen LogP) is 3.96. The number of nitrogens with one attached hydrogen (secondary N) is 2. The molecule has 144 valence electrons. The Morgan fingerprint density at radius 3 is 2.33 bits per heavy atom. The average Bonchev–Trinajstić information content (AvgIpc) is 2.55. The van der Waals surface area contributed by atoms with E-state index in [1.54, 1.807) is 24.3 Å². The van der Waals surface area contributed by atoms with Crippen molar-refractivity contribution in [1.82, 2.24) is 0 Å². The maximum absolute atomic E-state index is 12.2. The number of anilines is 2. The van der Waals surface area contributed by atoms with E-state index in [0.29, 0.717) is 16.9 Å². The molecule has 2 aromatic carbocycles. The van der Waals surface area contributed by atoms with Gasteiger partial charge in [0.05, 0.1) is 11.3 Å². The fraction of sp³-hybridized carbons (Fsp3) is 0.118. The van der Waals surface area contributed by atoms with Gasteiger partial charge in [-0.15, -0.1) is 0 Å². The Hall–Kier alpha value is -2.65. The normalized spacial score (nSPS) is 11.6. The van der Waals surface area contributed by atoms with Gasteiger partial charge in [-0.3, -0.25) is 9.52 Å². The minimum atomic E-state index is -3.36. The molecule has 0 radical (unpaired) electrons. The van der Waals surface area contributed by atoms with Crippen LogP contribution in [-0.2, 0) is 14.8 Å². The molecule has 2 rings (SSSR count). The highest BCUT2D eigenvalue weighted by Crippen LogP contribution is 2.28. The van der Waals surface area contributed by atoms with Gasteiger partial charge < -0.3 is 10.1 Å². The number of alkyl halides is 2. The summed E-state index contributed by atoms with van der Waals surface area (Å²) in [5, 5.41) is 2.47. The molecule has 2 N–H and O–H groups in total. The summed E-state index contributed by atoms with van der Waals surface area (Å²) in [5.41, 5.74) is 1.38. The van der Waals surface area contributed by atoms with E-state index in [0.717, 1.165) is 6.26 Å². The second-order valence-electron chi connectivity index (χ2n) is 5.34. The van der Waals surface area contributed by atoms with Gasteiger partial charge in [-0.2, -0.15) is 8.78 Å². The van der Waals surface area contributed by atoms with Crippen LogP contribution in [-0.4, -0.2) is 27.2 Å². The lowest BCUT2D eigenvalue weighted by atomic mass is 10.2. The first-order valence-electron chi connectivity index (χ1n) is 7.44. The molecule has 27 heavy (non-hydrogen) atoms. The van der Waals surface area contributed by atoms with E-state index >= 15 is 0 Å². The van der Waals surface area contributed by atoms with Crippen molar-refractivity contribution in [2.45, 2.75) is 6.61 Å². The molecule has 2 aromatic rings. The second-order valence-corrected chi connectivity index (χ2v) is 7.50. The molecule has 0 saturated heterocycles. The maximum Gasteiger partial charge on any atom is 0.387 e. The van der Waals surface area contributed by atoms with E-state index in [-0.39, 0.29) is 10.8 Å². The zero-order valence-electron chi connectivity index (χ0n) is 13.9. The second kappa shape index (κ2) is 8.83. The van der Waals surface area contributed by atoms with Crippen molar-refractivity contribution in [2.24, 2.45) is 0 Å². The first-order chi connectivity index (χ1) is 12.6. The molecular formula is C17H15ClF2N2O4S. The number of sulfonamides is 1. The summed E-state index contributed by atoms with van der Waals surface area (Å²) in [6, 6.07) is 10.3. The Bertz CT molecular complexity index is 948. The molecule has 1 amide bonds. The third-order valence-corrected chi connectivity index (χ3v) is 3.96. The summed E-state index contributed by atoms with van der Waals surface area (Å²) in [6.45, 7) is -3.00. The van der Waals surface area contributed by atoms with Crippen molar-refractivity contribution in [3.63, 3.8) is 0 Å². The molecule has 0 aliphatic carbocycles. The molecule has 0 bridgehead atoms. The van der Waals surface area contributed by atoms with Gasteiger partial charge in [0.25, 0.3) is 0 Å². The van der Waals surface area contributed by atoms with E-state index in [4.69, 9.17) is 11.6 Å². The molecule has 0 aliphatic rings. The highest BCUT2D eigenvalue weighted by molar-refractivity contribution is 7.92. The molecule has 0 atom stereocenters. The summed E-state index contributed by atoms with van der Waals surface area (Å²) < 4.78 is 53.2.